The quantitative estimate of drug-likeness (QED) is 0.560. The number of phosphoric acid groups is 1. The molecule has 0 amide bonds. The molecule has 1 aromatic carbocycles. The second-order valence-electron chi connectivity index (χ2n) is 7.67. The fraction of sp³-hybridized carbons (Fsp3) is 0.647. The van der Waals surface area contributed by atoms with Crippen LogP contribution in [-0.4, -0.2) is 6.61 Å². The third-order valence-electron chi connectivity index (χ3n) is 3.44. The molecule has 0 N–H and O–H groups in total. The monoisotopic (exact) mass is 400 g/mol. The van der Waals surface area contributed by atoms with Gasteiger partial charge in [-0.1, -0.05) is 41.5 Å². The molecule has 0 unspecified atom stereocenters. The Morgan fingerprint density at radius 2 is 1.42 bits per heavy atom. The Bertz CT molecular complexity index is 561. The van der Waals surface area contributed by atoms with E-state index in [-0.39, 0.29) is 33.9 Å². The normalized spacial score (nSPS) is 12.7. The Balaban J connectivity index is 0.00000529. The van der Waals surface area contributed by atoms with Crippen LogP contribution >= 0.6 is 7.82 Å². The fourth-order valence-corrected chi connectivity index (χ4v) is 2.65. The summed E-state index contributed by atoms with van der Waals surface area (Å²) >= 11 is 0. The van der Waals surface area contributed by atoms with E-state index in [1.165, 1.54) is 0 Å². The zero-order valence-corrected chi connectivity index (χ0v) is 17.3. The van der Waals surface area contributed by atoms with Crippen molar-refractivity contribution in [3.05, 3.63) is 28.8 Å². The molecule has 0 aliphatic carbocycles. The zero-order valence-electron chi connectivity index (χ0n) is 15.4. The van der Waals surface area contributed by atoms with Crippen LogP contribution in [0.2, 0.25) is 0 Å². The molecule has 0 aromatic heterocycles. The summed E-state index contributed by atoms with van der Waals surface area (Å²) in [5.74, 6) is 0.823. The molecule has 1 rings (SSSR count). The molecule has 1 aromatic rings. The molecule has 5 nitrogen and oxygen atoms in total. The first-order valence-corrected chi connectivity index (χ1v) is 9.19. The van der Waals surface area contributed by atoms with Crippen LogP contribution in [0.1, 0.15) is 65.2 Å². The maximum Gasteiger partial charge on any atom is 2.00 e. The van der Waals surface area contributed by atoms with E-state index in [2.05, 4.69) is 46.1 Å². The number of hydrogen-bond donors (Lipinski definition) is 0. The van der Waals surface area contributed by atoms with E-state index in [4.69, 9.17) is 4.74 Å². The second-order valence-corrected chi connectivity index (χ2v) is 8.83. The van der Waals surface area contributed by atoms with Crippen LogP contribution in [0.3, 0.4) is 0 Å². The van der Waals surface area contributed by atoms with Crippen molar-refractivity contribution in [2.45, 2.75) is 65.9 Å². The summed E-state index contributed by atoms with van der Waals surface area (Å²) in [5.41, 5.74) is 2.20. The number of benzene rings is 1. The first-order chi connectivity index (χ1) is 10.3. The standard InChI is InChI=1S/C17H29O5P.Ni/c1-8-21-15-13(16(2,3)4)9-12(11-22-23(18,19)20)10-14(15)17(5,6)7;/h9-10H,8,11H2,1-7H3,(H2,18,19,20);/q;+2/p-2. The van der Waals surface area contributed by atoms with E-state index in [1.54, 1.807) is 0 Å². The van der Waals surface area contributed by atoms with Gasteiger partial charge in [-0.2, -0.15) is 0 Å². The van der Waals surface area contributed by atoms with Gasteiger partial charge in [0.1, 0.15) is 5.75 Å². The van der Waals surface area contributed by atoms with Crippen LogP contribution in [0.4, 0.5) is 0 Å². The van der Waals surface area contributed by atoms with Crippen LogP contribution in [0.5, 0.6) is 5.75 Å². The van der Waals surface area contributed by atoms with E-state index < -0.39 is 7.82 Å². The molecule has 0 aliphatic rings. The van der Waals surface area contributed by atoms with Crippen LogP contribution in [0, 0.1) is 0 Å². The molecule has 0 aliphatic heterocycles. The SMILES string of the molecule is CCOc1c(C(C)(C)C)cc(COP(=O)([O-])[O-])cc1C(C)(C)C.[Ni+2]. The van der Waals surface area contributed by atoms with Gasteiger partial charge in [-0.15, -0.1) is 0 Å². The predicted molar refractivity (Wildman–Crippen MR) is 87.4 cm³/mol. The van der Waals surface area contributed by atoms with Crippen molar-refractivity contribution in [3.8, 4) is 5.75 Å². The smallest absolute Gasteiger partial charge is 0.790 e. The summed E-state index contributed by atoms with van der Waals surface area (Å²) in [6, 6.07) is 3.71. The van der Waals surface area contributed by atoms with Gasteiger partial charge in [-0.3, -0.25) is 0 Å². The topological polar surface area (TPSA) is 81.7 Å². The fourth-order valence-electron chi connectivity index (χ4n) is 2.34. The van der Waals surface area contributed by atoms with Crippen molar-refractivity contribution in [1.82, 2.24) is 0 Å². The maximum absolute atomic E-state index is 10.8. The molecule has 0 spiro atoms. The van der Waals surface area contributed by atoms with E-state index in [0.717, 1.165) is 16.9 Å². The van der Waals surface area contributed by atoms with Crippen molar-refractivity contribution in [1.29, 1.82) is 0 Å². The van der Waals surface area contributed by atoms with Gasteiger partial charge >= 0.3 is 16.5 Å². The van der Waals surface area contributed by atoms with Crippen LogP contribution < -0.4 is 14.5 Å². The van der Waals surface area contributed by atoms with E-state index in [1.807, 2.05) is 19.1 Å². The number of ether oxygens (including phenoxy) is 1. The molecule has 0 saturated heterocycles. The molecule has 0 atom stereocenters. The van der Waals surface area contributed by atoms with Gasteiger partial charge in [0.15, 0.2) is 0 Å². The Morgan fingerprint density at radius 1 is 1.00 bits per heavy atom. The molecular weight excluding hydrogens is 374 g/mol. The van der Waals surface area contributed by atoms with Crippen LogP contribution in [-0.2, 0) is 43.0 Å². The van der Waals surface area contributed by atoms with Crippen molar-refractivity contribution >= 4 is 7.82 Å². The minimum atomic E-state index is -5.00. The molecule has 24 heavy (non-hydrogen) atoms. The van der Waals surface area contributed by atoms with E-state index >= 15 is 0 Å². The Kier molecular flexibility index (Phi) is 8.20. The van der Waals surface area contributed by atoms with E-state index in [9.17, 15) is 14.4 Å². The van der Waals surface area contributed by atoms with E-state index in [0.29, 0.717) is 12.2 Å². The third-order valence-corrected chi connectivity index (χ3v) is 3.89. The summed E-state index contributed by atoms with van der Waals surface area (Å²) in [5, 5.41) is 0. The van der Waals surface area contributed by atoms with Gasteiger partial charge < -0.3 is 23.6 Å². The summed E-state index contributed by atoms with van der Waals surface area (Å²) in [6.45, 7) is 14.6. The maximum atomic E-state index is 10.8. The average Bonchev–Trinajstić information content (AvgIpc) is 2.33. The van der Waals surface area contributed by atoms with Gasteiger partial charge in [0.05, 0.1) is 21.0 Å². The largest absolute Gasteiger partial charge is 2.00 e. The molecular formula is C17H27NiO5P. The second kappa shape index (κ2) is 8.34. The van der Waals surface area contributed by atoms with Gasteiger partial charge in [-0.25, -0.2) is 0 Å². The Hall–Kier alpha value is -0.376. The van der Waals surface area contributed by atoms with Crippen molar-refractivity contribution < 1.29 is 40.1 Å². The zero-order chi connectivity index (χ0) is 18.1. The molecule has 0 radical (unpaired) electrons. The summed E-state index contributed by atoms with van der Waals surface area (Å²) in [4.78, 5) is 21.5. The number of rotatable bonds is 5. The molecule has 0 heterocycles. The first-order valence-electron chi connectivity index (χ1n) is 7.73. The third kappa shape index (κ3) is 6.86. The minimum absolute atomic E-state index is 0. The van der Waals surface area contributed by atoms with Gasteiger partial charge in [0, 0.05) is 11.1 Å². The molecule has 7 heteroatoms. The minimum Gasteiger partial charge on any atom is -0.790 e. The van der Waals surface area contributed by atoms with Gasteiger partial charge in [-0.05, 0) is 35.4 Å². The first kappa shape index (κ1) is 23.6. The Morgan fingerprint density at radius 3 is 1.71 bits per heavy atom. The van der Waals surface area contributed by atoms with Crippen molar-refractivity contribution in [2.75, 3.05) is 6.61 Å². The summed E-state index contributed by atoms with van der Waals surface area (Å²) in [7, 11) is -5.00. The van der Waals surface area contributed by atoms with Gasteiger partial charge in [0.25, 0.3) is 0 Å². The number of hydrogen-bond acceptors (Lipinski definition) is 5. The van der Waals surface area contributed by atoms with Crippen molar-refractivity contribution in [2.24, 2.45) is 0 Å². The molecule has 140 valence electrons. The van der Waals surface area contributed by atoms with Crippen LogP contribution in [0.15, 0.2) is 12.1 Å². The van der Waals surface area contributed by atoms with Crippen molar-refractivity contribution in [3.63, 3.8) is 0 Å². The summed E-state index contributed by atoms with van der Waals surface area (Å²) < 4.78 is 21.1. The molecule has 0 bridgehead atoms. The van der Waals surface area contributed by atoms with Gasteiger partial charge in [0.2, 0.25) is 0 Å². The molecule has 0 saturated carbocycles. The Labute approximate surface area is 155 Å². The predicted octanol–water partition coefficient (Wildman–Crippen LogP) is 3.02. The summed E-state index contributed by atoms with van der Waals surface area (Å²) in [6.07, 6.45) is 0. The average molecular weight is 401 g/mol. The molecule has 0 fully saturated rings. The van der Waals surface area contributed by atoms with Crippen LogP contribution in [0.25, 0.3) is 0 Å². The number of phosphoric ester groups is 1.